The first-order valence-corrected chi connectivity index (χ1v) is 13.0. The zero-order chi connectivity index (χ0) is 28.1. The van der Waals surface area contributed by atoms with Crippen molar-refractivity contribution >= 4 is 29.4 Å². The summed E-state index contributed by atoms with van der Waals surface area (Å²) in [5, 5.41) is 0. The highest BCUT2D eigenvalue weighted by molar-refractivity contribution is 7.07. The van der Waals surface area contributed by atoms with Crippen LogP contribution in [0.2, 0.25) is 0 Å². The summed E-state index contributed by atoms with van der Waals surface area (Å²) in [4.78, 5) is 43.2. The lowest BCUT2D eigenvalue weighted by atomic mass is 9.96. The maximum Gasteiger partial charge on any atom is 0.344 e. The number of hydrogen-bond acceptors (Lipinski definition) is 9. The Hall–Kier alpha value is -4.25. The van der Waals surface area contributed by atoms with E-state index < -0.39 is 23.8 Å². The van der Waals surface area contributed by atoms with Gasteiger partial charge in [0.1, 0.15) is 5.82 Å². The van der Waals surface area contributed by atoms with Crippen molar-refractivity contribution in [2.24, 2.45) is 4.99 Å². The van der Waals surface area contributed by atoms with Crippen LogP contribution in [0, 0.1) is 5.82 Å². The van der Waals surface area contributed by atoms with Gasteiger partial charge in [0, 0.05) is 0 Å². The summed E-state index contributed by atoms with van der Waals surface area (Å²) in [6.07, 6.45) is 1.67. The number of carbonyl (C=O) groups excluding carboxylic acids is 2. The first-order valence-electron chi connectivity index (χ1n) is 12.2. The quantitative estimate of drug-likeness (QED) is 0.375. The number of halogens is 1. The minimum atomic E-state index is -0.837. The van der Waals surface area contributed by atoms with Crippen LogP contribution in [0.25, 0.3) is 6.08 Å². The number of carbonyl (C=O) groups is 2. The number of hydrogen-bond donors (Lipinski definition) is 0. The highest BCUT2D eigenvalue weighted by atomic mass is 32.1. The maximum absolute atomic E-state index is 13.7. The first kappa shape index (κ1) is 27.8. The Labute approximate surface area is 227 Å². The Morgan fingerprint density at radius 1 is 1.08 bits per heavy atom. The van der Waals surface area contributed by atoms with Gasteiger partial charge >= 0.3 is 11.9 Å². The van der Waals surface area contributed by atoms with Gasteiger partial charge in [0.05, 0.1) is 42.2 Å². The average Bonchev–Trinajstić information content (AvgIpc) is 3.21. The van der Waals surface area contributed by atoms with Crippen molar-refractivity contribution in [1.29, 1.82) is 0 Å². The van der Waals surface area contributed by atoms with E-state index in [-0.39, 0.29) is 31.0 Å². The third-order valence-corrected chi connectivity index (χ3v) is 6.82. The van der Waals surface area contributed by atoms with Gasteiger partial charge in [-0.2, -0.15) is 0 Å². The Kier molecular flexibility index (Phi) is 8.60. The predicted molar refractivity (Wildman–Crippen MR) is 142 cm³/mol. The minimum absolute atomic E-state index is 0.150. The monoisotopic (exact) mass is 554 g/mol. The van der Waals surface area contributed by atoms with Crippen molar-refractivity contribution in [3.05, 3.63) is 90.4 Å². The summed E-state index contributed by atoms with van der Waals surface area (Å²) >= 11 is 1.16. The van der Waals surface area contributed by atoms with Crippen LogP contribution in [0.1, 0.15) is 37.9 Å². The predicted octanol–water partition coefficient (Wildman–Crippen LogP) is 2.89. The number of thiazole rings is 1. The summed E-state index contributed by atoms with van der Waals surface area (Å²) in [5.41, 5.74) is 1.45. The van der Waals surface area contributed by atoms with Crippen LogP contribution in [-0.2, 0) is 19.1 Å². The molecule has 0 N–H and O–H groups in total. The zero-order valence-corrected chi connectivity index (χ0v) is 22.7. The SMILES string of the molecule is CCOC(=O)COc1ccc(/C=c2\sc3n(c2=O)[C@@H](c2ccc(F)cc2)C(C(=O)OCC)=C(C)N=3)cc1OC. The fourth-order valence-electron chi connectivity index (χ4n) is 4.14. The van der Waals surface area contributed by atoms with Gasteiger partial charge in [-0.1, -0.05) is 29.5 Å². The molecule has 3 aromatic rings. The van der Waals surface area contributed by atoms with E-state index in [1.54, 1.807) is 45.0 Å². The van der Waals surface area contributed by atoms with Gasteiger partial charge in [0.15, 0.2) is 22.9 Å². The molecular weight excluding hydrogens is 527 g/mol. The first-order chi connectivity index (χ1) is 18.8. The topological polar surface area (TPSA) is 105 Å². The summed E-state index contributed by atoms with van der Waals surface area (Å²) < 4.78 is 36.5. The van der Waals surface area contributed by atoms with Gasteiger partial charge in [-0.25, -0.2) is 19.0 Å². The lowest BCUT2D eigenvalue weighted by molar-refractivity contribution is -0.145. The molecule has 39 heavy (non-hydrogen) atoms. The van der Waals surface area contributed by atoms with Crippen LogP contribution in [0.4, 0.5) is 4.39 Å². The molecule has 1 aliphatic heterocycles. The van der Waals surface area contributed by atoms with Gasteiger partial charge in [-0.15, -0.1) is 0 Å². The van der Waals surface area contributed by atoms with E-state index in [0.717, 1.165) is 11.3 Å². The van der Waals surface area contributed by atoms with Gasteiger partial charge in [-0.3, -0.25) is 9.36 Å². The summed E-state index contributed by atoms with van der Waals surface area (Å²) in [6.45, 7) is 5.21. The molecule has 4 rings (SSSR count). The maximum atomic E-state index is 13.7. The number of nitrogens with zero attached hydrogens (tertiary/aromatic N) is 2. The van der Waals surface area contributed by atoms with Crippen LogP contribution in [0.15, 0.2) is 63.5 Å². The number of esters is 2. The Bertz CT molecular complexity index is 1610. The van der Waals surface area contributed by atoms with Crippen molar-refractivity contribution in [3.8, 4) is 11.5 Å². The summed E-state index contributed by atoms with van der Waals surface area (Å²) in [6, 6.07) is 9.81. The molecule has 2 heterocycles. The van der Waals surface area contributed by atoms with E-state index in [2.05, 4.69) is 4.99 Å². The van der Waals surface area contributed by atoms with Crippen molar-refractivity contribution in [2.75, 3.05) is 26.9 Å². The van der Waals surface area contributed by atoms with E-state index in [4.69, 9.17) is 18.9 Å². The number of benzene rings is 2. The fourth-order valence-corrected chi connectivity index (χ4v) is 5.18. The molecule has 204 valence electrons. The molecule has 0 fully saturated rings. The molecule has 1 aliphatic rings. The zero-order valence-electron chi connectivity index (χ0n) is 21.9. The second kappa shape index (κ2) is 12.1. The normalized spacial score (nSPS) is 14.9. The van der Waals surface area contributed by atoms with Crippen molar-refractivity contribution in [1.82, 2.24) is 4.57 Å². The number of ether oxygens (including phenoxy) is 4. The molecule has 1 aromatic heterocycles. The third-order valence-electron chi connectivity index (χ3n) is 5.84. The summed E-state index contributed by atoms with van der Waals surface area (Å²) in [5.74, 6) is -0.822. The van der Waals surface area contributed by atoms with E-state index in [9.17, 15) is 18.8 Å². The lowest BCUT2D eigenvalue weighted by Gasteiger charge is -2.24. The molecule has 0 amide bonds. The van der Waals surface area contributed by atoms with Gasteiger partial charge < -0.3 is 18.9 Å². The molecular formula is C28H27FN2O7S. The molecule has 1 atom stereocenters. The second-order valence-corrected chi connectivity index (χ2v) is 9.37. The molecule has 0 unspecified atom stereocenters. The van der Waals surface area contributed by atoms with Crippen LogP contribution in [-0.4, -0.2) is 43.4 Å². The second-order valence-electron chi connectivity index (χ2n) is 8.36. The van der Waals surface area contributed by atoms with Crippen LogP contribution in [0.3, 0.4) is 0 Å². The number of allylic oxidation sites excluding steroid dienone is 1. The Morgan fingerprint density at radius 3 is 2.46 bits per heavy atom. The van der Waals surface area contributed by atoms with E-state index in [1.165, 1.54) is 35.9 Å². The van der Waals surface area contributed by atoms with E-state index in [1.807, 2.05) is 0 Å². The molecule has 0 spiro atoms. The fraction of sp³-hybridized carbons (Fsp3) is 0.286. The van der Waals surface area contributed by atoms with Crippen molar-refractivity contribution in [3.63, 3.8) is 0 Å². The number of aromatic nitrogens is 1. The standard InChI is InChI=1S/C28H27FN2O7S/c1-5-36-23(32)15-38-20-12-7-17(13-21(20)35-4)14-22-26(33)31-25(18-8-10-19(29)11-9-18)24(27(34)37-6-2)16(3)30-28(31)39-22/h7-14,25H,5-6,15H2,1-4H3/b22-14-/t25-/m0/s1. The number of methoxy groups -OCH3 is 1. The Balaban J connectivity index is 1.78. The third kappa shape index (κ3) is 5.93. The van der Waals surface area contributed by atoms with E-state index in [0.29, 0.717) is 37.7 Å². The molecule has 0 saturated carbocycles. The highest BCUT2D eigenvalue weighted by Gasteiger charge is 2.33. The molecule has 0 aliphatic carbocycles. The van der Waals surface area contributed by atoms with Gasteiger partial charge in [0.25, 0.3) is 5.56 Å². The molecule has 2 aromatic carbocycles. The summed E-state index contributed by atoms with van der Waals surface area (Å²) in [7, 11) is 1.46. The smallest absolute Gasteiger partial charge is 0.344 e. The number of fused-ring (bicyclic) bond motifs is 1. The van der Waals surface area contributed by atoms with Crippen molar-refractivity contribution in [2.45, 2.75) is 26.8 Å². The average molecular weight is 555 g/mol. The lowest BCUT2D eigenvalue weighted by Crippen LogP contribution is -2.39. The Morgan fingerprint density at radius 2 is 1.79 bits per heavy atom. The van der Waals surface area contributed by atoms with E-state index >= 15 is 0 Å². The minimum Gasteiger partial charge on any atom is -0.493 e. The molecule has 9 nitrogen and oxygen atoms in total. The molecule has 0 bridgehead atoms. The highest BCUT2D eigenvalue weighted by Crippen LogP contribution is 2.31. The van der Waals surface area contributed by atoms with Gasteiger partial charge in [0.2, 0.25) is 0 Å². The van der Waals surface area contributed by atoms with Crippen LogP contribution in [0.5, 0.6) is 11.5 Å². The molecule has 0 radical (unpaired) electrons. The van der Waals surface area contributed by atoms with Crippen molar-refractivity contribution < 1.29 is 32.9 Å². The number of rotatable bonds is 9. The molecule has 0 saturated heterocycles. The molecule has 11 heteroatoms. The van der Waals surface area contributed by atoms with Crippen LogP contribution >= 0.6 is 11.3 Å². The van der Waals surface area contributed by atoms with Gasteiger partial charge in [-0.05, 0) is 62.2 Å². The van der Waals surface area contributed by atoms with Crippen LogP contribution < -0.4 is 24.4 Å². The largest absolute Gasteiger partial charge is 0.493 e.